The zero-order chi connectivity index (χ0) is 16.0. The lowest BCUT2D eigenvalue weighted by molar-refractivity contribution is 0.0697. The number of nitrogens with zero attached hydrogens (tertiary/aromatic N) is 1. The number of carboxylic acid groups (broad SMARTS) is 1. The molecular formula is C13H19ClN2O4S. The van der Waals surface area contributed by atoms with Crippen molar-refractivity contribution in [3.8, 4) is 0 Å². The second kappa shape index (κ2) is 7.63. The van der Waals surface area contributed by atoms with E-state index in [0.29, 0.717) is 25.9 Å². The number of anilines is 1. The van der Waals surface area contributed by atoms with Crippen LogP contribution >= 0.6 is 11.6 Å². The standard InChI is InChI=1S/C13H19ClN2O4S/c1-3-5-16(6-4-2)21(19,20)15-12-8-10(13(17)18)7-11(14)9-12/h7-9,15H,3-6H2,1-2H3,(H,17,18). The van der Waals surface area contributed by atoms with Crippen molar-refractivity contribution in [2.45, 2.75) is 26.7 Å². The molecule has 0 saturated heterocycles. The molecule has 8 heteroatoms. The van der Waals surface area contributed by atoms with Crippen LogP contribution in [0.25, 0.3) is 0 Å². The molecule has 0 radical (unpaired) electrons. The van der Waals surface area contributed by atoms with Gasteiger partial charge in [0.2, 0.25) is 0 Å². The van der Waals surface area contributed by atoms with Crippen molar-refractivity contribution < 1.29 is 18.3 Å². The topological polar surface area (TPSA) is 86.7 Å². The molecule has 0 unspecified atom stereocenters. The highest BCUT2D eigenvalue weighted by molar-refractivity contribution is 7.90. The average molecular weight is 335 g/mol. The molecule has 118 valence electrons. The Bertz CT molecular complexity index is 598. The van der Waals surface area contributed by atoms with E-state index in [-0.39, 0.29) is 16.3 Å². The van der Waals surface area contributed by atoms with Gasteiger partial charge in [0.05, 0.1) is 11.3 Å². The summed E-state index contributed by atoms with van der Waals surface area (Å²) < 4.78 is 28.3. The maximum Gasteiger partial charge on any atom is 0.335 e. The Morgan fingerprint density at radius 3 is 2.29 bits per heavy atom. The summed E-state index contributed by atoms with van der Waals surface area (Å²) in [5.41, 5.74) is 0.0647. The van der Waals surface area contributed by atoms with Crippen molar-refractivity contribution in [1.82, 2.24) is 4.31 Å². The van der Waals surface area contributed by atoms with Gasteiger partial charge >= 0.3 is 16.2 Å². The smallest absolute Gasteiger partial charge is 0.335 e. The molecule has 1 rings (SSSR count). The van der Waals surface area contributed by atoms with Gasteiger partial charge < -0.3 is 5.11 Å². The van der Waals surface area contributed by atoms with Crippen LogP contribution < -0.4 is 4.72 Å². The van der Waals surface area contributed by atoms with Gasteiger partial charge in [-0.15, -0.1) is 0 Å². The Balaban J connectivity index is 3.05. The Kier molecular flexibility index (Phi) is 6.44. The van der Waals surface area contributed by atoms with E-state index in [2.05, 4.69) is 4.72 Å². The third-order valence-corrected chi connectivity index (χ3v) is 4.43. The predicted octanol–water partition coefficient (Wildman–Crippen LogP) is 2.82. The molecule has 0 saturated carbocycles. The van der Waals surface area contributed by atoms with Crippen molar-refractivity contribution in [3.05, 3.63) is 28.8 Å². The number of carbonyl (C=O) groups is 1. The molecule has 0 aliphatic heterocycles. The number of hydrogen-bond donors (Lipinski definition) is 2. The zero-order valence-electron chi connectivity index (χ0n) is 12.0. The molecule has 0 aliphatic carbocycles. The monoisotopic (exact) mass is 334 g/mol. The Morgan fingerprint density at radius 2 is 1.81 bits per heavy atom. The van der Waals surface area contributed by atoms with Gasteiger partial charge in [-0.2, -0.15) is 12.7 Å². The highest BCUT2D eigenvalue weighted by atomic mass is 35.5. The Morgan fingerprint density at radius 1 is 1.24 bits per heavy atom. The van der Waals surface area contributed by atoms with E-state index < -0.39 is 16.2 Å². The first-order valence-corrected chi connectivity index (χ1v) is 8.43. The van der Waals surface area contributed by atoms with Crippen LogP contribution in [0.3, 0.4) is 0 Å². The molecule has 21 heavy (non-hydrogen) atoms. The van der Waals surface area contributed by atoms with Crippen LogP contribution in [0.1, 0.15) is 37.0 Å². The van der Waals surface area contributed by atoms with Crippen LogP contribution in [0.15, 0.2) is 18.2 Å². The molecule has 0 heterocycles. The van der Waals surface area contributed by atoms with Gasteiger partial charge in [0.1, 0.15) is 0 Å². The first kappa shape index (κ1) is 17.7. The fraction of sp³-hybridized carbons (Fsp3) is 0.462. The Hall–Kier alpha value is -1.31. The predicted molar refractivity (Wildman–Crippen MR) is 83.1 cm³/mol. The van der Waals surface area contributed by atoms with E-state index in [1.807, 2.05) is 13.8 Å². The molecule has 0 aliphatic rings. The minimum atomic E-state index is -3.73. The normalized spacial score (nSPS) is 11.6. The first-order valence-electron chi connectivity index (χ1n) is 6.62. The third-order valence-electron chi connectivity index (χ3n) is 2.68. The van der Waals surface area contributed by atoms with Gasteiger partial charge in [0.25, 0.3) is 0 Å². The molecule has 0 atom stereocenters. The van der Waals surface area contributed by atoms with Crippen LogP contribution in [0.2, 0.25) is 5.02 Å². The summed E-state index contributed by atoms with van der Waals surface area (Å²) >= 11 is 5.81. The van der Waals surface area contributed by atoms with Gasteiger partial charge in [-0.1, -0.05) is 25.4 Å². The maximum atomic E-state index is 12.3. The van der Waals surface area contributed by atoms with E-state index in [0.717, 1.165) is 0 Å². The van der Waals surface area contributed by atoms with Crippen LogP contribution in [0, 0.1) is 0 Å². The molecule has 1 aromatic rings. The zero-order valence-corrected chi connectivity index (χ0v) is 13.5. The largest absolute Gasteiger partial charge is 0.478 e. The number of aromatic carboxylic acids is 1. The summed E-state index contributed by atoms with van der Waals surface area (Å²) in [6.45, 7) is 4.57. The SMILES string of the molecule is CCCN(CCC)S(=O)(=O)Nc1cc(Cl)cc(C(=O)O)c1. The highest BCUT2D eigenvalue weighted by Gasteiger charge is 2.21. The highest BCUT2D eigenvalue weighted by Crippen LogP contribution is 2.21. The number of hydrogen-bond acceptors (Lipinski definition) is 3. The lowest BCUT2D eigenvalue weighted by Crippen LogP contribution is -2.37. The van der Waals surface area contributed by atoms with Gasteiger partial charge in [0, 0.05) is 18.1 Å². The van der Waals surface area contributed by atoms with Crippen LogP contribution in [0.5, 0.6) is 0 Å². The van der Waals surface area contributed by atoms with E-state index >= 15 is 0 Å². The van der Waals surface area contributed by atoms with Crippen LogP contribution in [0.4, 0.5) is 5.69 Å². The van der Waals surface area contributed by atoms with Crippen molar-refractivity contribution in [2.24, 2.45) is 0 Å². The van der Waals surface area contributed by atoms with Crippen molar-refractivity contribution >= 4 is 33.5 Å². The summed E-state index contributed by atoms with van der Waals surface area (Å²) in [5.74, 6) is -1.17. The van der Waals surface area contributed by atoms with Gasteiger partial charge in [-0.25, -0.2) is 4.79 Å². The van der Waals surface area contributed by atoms with Gasteiger partial charge in [-0.05, 0) is 31.0 Å². The number of benzene rings is 1. The molecule has 0 amide bonds. The summed E-state index contributed by atoms with van der Waals surface area (Å²) in [4.78, 5) is 11.0. The number of halogens is 1. The molecule has 6 nitrogen and oxygen atoms in total. The van der Waals surface area contributed by atoms with Gasteiger partial charge in [0.15, 0.2) is 0 Å². The number of nitrogens with one attached hydrogen (secondary N) is 1. The molecule has 2 N–H and O–H groups in total. The van der Waals surface area contributed by atoms with Crippen molar-refractivity contribution in [1.29, 1.82) is 0 Å². The lowest BCUT2D eigenvalue weighted by atomic mass is 10.2. The molecule has 0 bridgehead atoms. The van der Waals surface area contributed by atoms with Crippen LogP contribution in [-0.4, -0.2) is 36.9 Å². The van der Waals surface area contributed by atoms with E-state index in [9.17, 15) is 13.2 Å². The minimum absolute atomic E-state index is 0.0715. The summed E-state index contributed by atoms with van der Waals surface area (Å²) in [7, 11) is -3.73. The summed E-state index contributed by atoms with van der Waals surface area (Å²) in [5, 5.41) is 9.12. The Labute approximate surface area is 129 Å². The fourth-order valence-corrected chi connectivity index (χ4v) is 3.46. The first-order chi connectivity index (χ1) is 9.80. The second-order valence-electron chi connectivity index (χ2n) is 4.54. The van der Waals surface area contributed by atoms with E-state index in [4.69, 9.17) is 16.7 Å². The van der Waals surface area contributed by atoms with Crippen LogP contribution in [-0.2, 0) is 10.2 Å². The molecule has 0 aromatic heterocycles. The number of rotatable bonds is 8. The van der Waals surface area contributed by atoms with Gasteiger partial charge in [-0.3, -0.25) is 4.72 Å². The molecule has 0 spiro atoms. The van der Waals surface area contributed by atoms with Crippen molar-refractivity contribution in [2.75, 3.05) is 17.8 Å². The summed E-state index contributed by atoms with van der Waals surface area (Å²) in [6.07, 6.45) is 1.38. The second-order valence-corrected chi connectivity index (χ2v) is 6.65. The van der Waals surface area contributed by atoms with E-state index in [1.165, 1.54) is 22.5 Å². The van der Waals surface area contributed by atoms with Crippen molar-refractivity contribution in [3.63, 3.8) is 0 Å². The lowest BCUT2D eigenvalue weighted by Gasteiger charge is -2.21. The van der Waals surface area contributed by atoms with E-state index in [1.54, 1.807) is 0 Å². The average Bonchev–Trinajstić information content (AvgIpc) is 2.37. The molecule has 1 aromatic carbocycles. The molecular weight excluding hydrogens is 316 g/mol. The molecule has 0 fully saturated rings. The maximum absolute atomic E-state index is 12.3. The minimum Gasteiger partial charge on any atom is -0.478 e. The summed E-state index contributed by atoms with van der Waals surface area (Å²) in [6, 6.07) is 3.88. The number of carboxylic acids is 1. The third kappa shape index (κ3) is 5.18. The quantitative estimate of drug-likeness (QED) is 0.765. The fourth-order valence-electron chi connectivity index (χ4n) is 1.84.